The van der Waals surface area contributed by atoms with Crippen LogP contribution in [-0.2, 0) is 19.1 Å². The van der Waals surface area contributed by atoms with Crippen molar-refractivity contribution >= 4 is 5.91 Å². The largest absolute Gasteiger partial charge is 0.382 e. The number of nitrogens with one attached hydrogen (secondary N) is 1. The minimum atomic E-state index is -0.106. The third kappa shape index (κ3) is 3.61. The minimum Gasteiger partial charge on any atom is -0.382 e. The van der Waals surface area contributed by atoms with Gasteiger partial charge in [0.25, 0.3) is 0 Å². The Bertz CT molecular complexity index is 186. The van der Waals surface area contributed by atoms with E-state index in [1.807, 2.05) is 6.92 Å². The maximum Gasteiger partial charge on any atom is 0.249 e. The van der Waals surface area contributed by atoms with Crippen molar-refractivity contribution in [2.45, 2.75) is 19.4 Å². The van der Waals surface area contributed by atoms with Gasteiger partial charge in [0.15, 0.2) is 0 Å². The molecule has 1 amide bonds. The van der Waals surface area contributed by atoms with Gasteiger partial charge >= 0.3 is 0 Å². The SMILES string of the molecule is COCCONC(=O)C1COC(C)C1. The molecule has 0 spiro atoms. The van der Waals surface area contributed by atoms with E-state index < -0.39 is 0 Å². The summed E-state index contributed by atoms with van der Waals surface area (Å²) in [7, 11) is 1.58. The van der Waals surface area contributed by atoms with E-state index in [0.717, 1.165) is 6.42 Å². The van der Waals surface area contributed by atoms with Gasteiger partial charge in [-0.3, -0.25) is 9.63 Å². The van der Waals surface area contributed by atoms with Gasteiger partial charge in [-0.1, -0.05) is 0 Å². The highest BCUT2D eigenvalue weighted by Gasteiger charge is 2.28. The molecule has 0 bridgehead atoms. The summed E-state index contributed by atoms with van der Waals surface area (Å²) in [5, 5.41) is 0. The van der Waals surface area contributed by atoms with Crippen molar-refractivity contribution in [1.29, 1.82) is 0 Å². The number of ether oxygens (including phenoxy) is 2. The second kappa shape index (κ2) is 5.95. The Morgan fingerprint density at radius 2 is 2.36 bits per heavy atom. The molecule has 0 aromatic heterocycles. The van der Waals surface area contributed by atoms with Gasteiger partial charge in [-0.2, -0.15) is 0 Å². The van der Waals surface area contributed by atoms with Crippen LogP contribution in [0.4, 0.5) is 0 Å². The number of hydrogen-bond acceptors (Lipinski definition) is 4. The molecule has 1 fully saturated rings. The van der Waals surface area contributed by atoms with Crippen LogP contribution in [0.25, 0.3) is 0 Å². The van der Waals surface area contributed by atoms with Crippen LogP contribution in [0, 0.1) is 5.92 Å². The van der Waals surface area contributed by atoms with E-state index in [9.17, 15) is 4.79 Å². The van der Waals surface area contributed by atoms with E-state index in [4.69, 9.17) is 14.3 Å². The van der Waals surface area contributed by atoms with Crippen molar-refractivity contribution in [3.8, 4) is 0 Å². The number of methoxy groups -OCH3 is 1. The Labute approximate surface area is 83.7 Å². The average Bonchev–Trinajstić information content (AvgIpc) is 2.59. The van der Waals surface area contributed by atoms with Crippen LogP contribution in [0.1, 0.15) is 13.3 Å². The zero-order valence-corrected chi connectivity index (χ0v) is 8.62. The number of amides is 1. The normalized spacial score (nSPS) is 26.4. The Morgan fingerprint density at radius 1 is 1.57 bits per heavy atom. The first-order valence-corrected chi connectivity index (χ1v) is 4.76. The molecule has 2 unspecified atom stereocenters. The van der Waals surface area contributed by atoms with Crippen LogP contribution in [0.2, 0.25) is 0 Å². The lowest BCUT2D eigenvalue weighted by atomic mass is 10.1. The van der Waals surface area contributed by atoms with Crippen molar-refractivity contribution in [2.75, 3.05) is 26.9 Å². The molecule has 5 heteroatoms. The van der Waals surface area contributed by atoms with Gasteiger partial charge in [0.05, 0.1) is 31.8 Å². The number of carbonyl (C=O) groups excluding carboxylic acids is 1. The first-order valence-electron chi connectivity index (χ1n) is 4.76. The van der Waals surface area contributed by atoms with Crippen LogP contribution >= 0.6 is 0 Å². The molecule has 0 saturated carbocycles. The zero-order chi connectivity index (χ0) is 10.4. The Kier molecular flexibility index (Phi) is 4.86. The first kappa shape index (κ1) is 11.4. The fourth-order valence-corrected chi connectivity index (χ4v) is 1.33. The molecule has 0 radical (unpaired) electrons. The Morgan fingerprint density at radius 3 is 2.93 bits per heavy atom. The van der Waals surface area contributed by atoms with Crippen molar-refractivity contribution in [3.05, 3.63) is 0 Å². The van der Waals surface area contributed by atoms with Crippen LogP contribution in [0.5, 0.6) is 0 Å². The molecule has 1 aliphatic heterocycles. The predicted octanol–water partition coefficient (Wildman–Crippen LogP) is 0.106. The summed E-state index contributed by atoms with van der Waals surface area (Å²) < 4.78 is 10.0. The third-order valence-electron chi connectivity index (χ3n) is 2.13. The number of carbonyl (C=O) groups is 1. The molecule has 1 heterocycles. The second-order valence-electron chi connectivity index (χ2n) is 3.38. The summed E-state index contributed by atoms with van der Waals surface area (Å²) in [6, 6.07) is 0. The predicted molar refractivity (Wildman–Crippen MR) is 49.5 cm³/mol. The molecule has 82 valence electrons. The molecule has 0 aromatic carbocycles. The Balaban J connectivity index is 2.09. The molecule has 1 saturated heterocycles. The smallest absolute Gasteiger partial charge is 0.249 e. The minimum absolute atomic E-state index is 0.0763. The van der Waals surface area contributed by atoms with E-state index in [1.165, 1.54) is 0 Å². The average molecular weight is 203 g/mol. The fraction of sp³-hybridized carbons (Fsp3) is 0.889. The summed E-state index contributed by atoms with van der Waals surface area (Å²) in [4.78, 5) is 16.3. The maximum atomic E-state index is 11.4. The molecule has 1 N–H and O–H groups in total. The molecular weight excluding hydrogens is 186 g/mol. The topological polar surface area (TPSA) is 56.8 Å². The monoisotopic (exact) mass is 203 g/mol. The van der Waals surface area contributed by atoms with Crippen LogP contribution in [0.15, 0.2) is 0 Å². The molecule has 0 aromatic rings. The molecule has 0 aliphatic carbocycles. The molecule has 2 atom stereocenters. The molecule has 1 rings (SSSR count). The summed E-state index contributed by atoms with van der Waals surface area (Å²) in [5.41, 5.74) is 2.38. The third-order valence-corrected chi connectivity index (χ3v) is 2.13. The lowest BCUT2D eigenvalue weighted by molar-refractivity contribution is -0.138. The van der Waals surface area contributed by atoms with E-state index in [-0.39, 0.29) is 17.9 Å². The number of hydroxylamine groups is 1. The number of hydrogen-bond donors (Lipinski definition) is 1. The first-order chi connectivity index (χ1) is 6.74. The summed E-state index contributed by atoms with van der Waals surface area (Å²) in [5.74, 6) is -0.182. The number of rotatable bonds is 5. The van der Waals surface area contributed by atoms with Gasteiger partial charge in [-0.15, -0.1) is 0 Å². The van der Waals surface area contributed by atoms with E-state index in [0.29, 0.717) is 19.8 Å². The van der Waals surface area contributed by atoms with Crippen molar-refractivity contribution < 1.29 is 19.1 Å². The van der Waals surface area contributed by atoms with E-state index in [2.05, 4.69) is 5.48 Å². The van der Waals surface area contributed by atoms with Crippen molar-refractivity contribution in [3.63, 3.8) is 0 Å². The lowest BCUT2D eigenvalue weighted by Gasteiger charge is -2.08. The molecule has 5 nitrogen and oxygen atoms in total. The van der Waals surface area contributed by atoms with Crippen molar-refractivity contribution in [2.24, 2.45) is 5.92 Å². The molecule has 1 aliphatic rings. The highest BCUT2D eigenvalue weighted by Crippen LogP contribution is 2.18. The van der Waals surface area contributed by atoms with Gasteiger partial charge in [0.2, 0.25) is 5.91 Å². The quantitative estimate of drug-likeness (QED) is 0.509. The van der Waals surface area contributed by atoms with Gasteiger partial charge in [-0.25, -0.2) is 5.48 Å². The summed E-state index contributed by atoms with van der Waals surface area (Å²) in [6.07, 6.45) is 0.934. The second-order valence-corrected chi connectivity index (χ2v) is 3.38. The van der Waals surface area contributed by atoms with Crippen LogP contribution in [0.3, 0.4) is 0 Å². The summed E-state index contributed by atoms with van der Waals surface area (Å²) >= 11 is 0. The van der Waals surface area contributed by atoms with Gasteiger partial charge in [-0.05, 0) is 13.3 Å². The van der Waals surface area contributed by atoms with E-state index in [1.54, 1.807) is 7.11 Å². The maximum absolute atomic E-state index is 11.4. The standard InChI is InChI=1S/C9H17NO4/c1-7-5-8(6-13-7)9(11)10-14-4-3-12-2/h7-8H,3-6H2,1-2H3,(H,10,11). The zero-order valence-electron chi connectivity index (χ0n) is 8.62. The van der Waals surface area contributed by atoms with Gasteiger partial charge in [0, 0.05) is 7.11 Å². The summed E-state index contributed by atoms with van der Waals surface area (Å²) in [6.45, 7) is 3.28. The fourth-order valence-electron chi connectivity index (χ4n) is 1.33. The van der Waals surface area contributed by atoms with Crippen LogP contribution < -0.4 is 5.48 Å². The molecular formula is C9H17NO4. The Hall–Kier alpha value is -0.650. The van der Waals surface area contributed by atoms with Gasteiger partial charge < -0.3 is 9.47 Å². The van der Waals surface area contributed by atoms with Crippen LogP contribution in [-0.4, -0.2) is 38.9 Å². The highest BCUT2D eigenvalue weighted by molar-refractivity contribution is 5.78. The van der Waals surface area contributed by atoms with Gasteiger partial charge in [0.1, 0.15) is 0 Å². The highest BCUT2D eigenvalue weighted by atomic mass is 16.7. The van der Waals surface area contributed by atoms with Crippen molar-refractivity contribution in [1.82, 2.24) is 5.48 Å². The molecule has 14 heavy (non-hydrogen) atoms. The lowest BCUT2D eigenvalue weighted by Crippen LogP contribution is -2.32. The van der Waals surface area contributed by atoms with E-state index >= 15 is 0 Å².